The Morgan fingerprint density at radius 2 is 1.86 bits per heavy atom. The molecule has 0 aliphatic carbocycles. The van der Waals surface area contributed by atoms with Gasteiger partial charge in [0.15, 0.2) is 0 Å². The Hall–Kier alpha value is -4.14. The van der Waals surface area contributed by atoms with E-state index in [1.807, 2.05) is 56.0 Å². The summed E-state index contributed by atoms with van der Waals surface area (Å²) in [5.74, 6) is 0.556. The summed E-state index contributed by atoms with van der Waals surface area (Å²) in [5, 5.41) is 16.4. The average molecular weight is 487 g/mol. The molecule has 0 unspecified atom stereocenters. The maximum Gasteiger partial charge on any atom is 0.410 e. The highest BCUT2D eigenvalue weighted by molar-refractivity contribution is 5.91. The first kappa shape index (κ1) is 23.6. The lowest BCUT2D eigenvalue weighted by Crippen LogP contribution is -2.42. The number of carbonyl (C=O) groups is 1. The summed E-state index contributed by atoms with van der Waals surface area (Å²) in [4.78, 5) is 23.1. The third-order valence-electron chi connectivity index (χ3n) is 6.36. The number of nitrogens with two attached hydrogens (primary N) is 1. The summed E-state index contributed by atoms with van der Waals surface area (Å²) in [6.07, 6.45) is 8.60. The first-order valence-electron chi connectivity index (χ1n) is 12.0. The Morgan fingerprint density at radius 1 is 1.08 bits per heavy atom. The van der Waals surface area contributed by atoms with Crippen molar-refractivity contribution in [1.29, 1.82) is 0 Å². The Labute approximate surface area is 209 Å². The lowest BCUT2D eigenvalue weighted by molar-refractivity contribution is 0.0185. The van der Waals surface area contributed by atoms with E-state index in [9.17, 15) is 9.90 Å². The van der Waals surface area contributed by atoms with Crippen LogP contribution in [-0.2, 0) is 4.74 Å². The normalized spacial score (nSPS) is 14.8. The number of anilines is 1. The number of carbonyl (C=O) groups excluding carboxylic acids is 1. The van der Waals surface area contributed by atoms with Crippen LogP contribution in [0.4, 0.5) is 10.6 Å². The van der Waals surface area contributed by atoms with Crippen molar-refractivity contribution in [2.24, 2.45) is 0 Å². The molecule has 1 aliphatic rings. The van der Waals surface area contributed by atoms with E-state index >= 15 is 0 Å². The van der Waals surface area contributed by atoms with Gasteiger partial charge in [0.1, 0.15) is 17.2 Å². The van der Waals surface area contributed by atoms with Crippen LogP contribution in [0, 0.1) is 0 Å². The highest BCUT2D eigenvalue weighted by atomic mass is 16.6. The lowest BCUT2D eigenvalue weighted by Gasteiger charge is -2.33. The zero-order valence-electron chi connectivity index (χ0n) is 20.7. The van der Waals surface area contributed by atoms with E-state index in [1.54, 1.807) is 29.4 Å². The summed E-state index contributed by atoms with van der Waals surface area (Å²) < 4.78 is 7.46. The summed E-state index contributed by atoms with van der Waals surface area (Å²) >= 11 is 0. The minimum Gasteiger partial charge on any atom is -0.507 e. The van der Waals surface area contributed by atoms with Gasteiger partial charge in [-0.25, -0.2) is 9.78 Å². The number of amides is 1. The van der Waals surface area contributed by atoms with Crippen LogP contribution >= 0.6 is 0 Å². The molecule has 1 aliphatic heterocycles. The van der Waals surface area contributed by atoms with Crippen molar-refractivity contribution in [1.82, 2.24) is 24.6 Å². The first-order valence-corrected chi connectivity index (χ1v) is 12.0. The Balaban J connectivity index is 1.34. The van der Waals surface area contributed by atoms with Gasteiger partial charge in [-0.15, -0.1) is 0 Å². The van der Waals surface area contributed by atoms with Gasteiger partial charge in [0.25, 0.3) is 0 Å². The van der Waals surface area contributed by atoms with Crippen LogP contribution in [0.5, 0.6) is 5.75 Å². The molecular weight excluding hydrogens is 456 g/mol. The number of ether oxygens (including phenoxy) is 1. The van der Waals surface area contributed by atoms with Crippen LogP contribution in [0.2, 0.25) is 0 Å². The molecule has 9 nitrogen and oxygen atoms in total. The van der Waals surface area contributed by atoms with Gasteiger partial charge in [-0.1, -0.05) is 12.1 Å². The van der Waals surface area contributed by atoms with Gasteiger partial charge in [-0.05, 0) is 51.8 Å². The van der Waals surface area contributed by atoms with Gasteiger partial charge < -0.3 is 20.5 Å². The van der Waals surface area contributed by atoms with E-state index in [2.05, 4.69) is 15.1 Å². The van der Waals surface area contributed by atoms with Crippen LogP contribution in [-0.4, -0.2) is 54.5 Å². The molecule has 0 spiro atoms. The fraction of sp³-hybridized carbons (Fsp3) is 0.333. The Bertz CT molecular complexity index is 1420. The number of likely N-dealkylation sites (tertiary alicyclic amines) is 1. The van der Waals surface area contributed by atoms with Gasteiger partial charge in [-0.2, -0.15) is 5.10 Å². The molecule has 1 amide bonds. The average Bonchev–Trinajstić information content (AvgIpc) is 3.34. The fourth-order valence-corrected chi connectivity index (χ4v) is 4.47. The van der Waals surface area contributed by atoms with E-state index < -0.39 is 5.60 Å². The van der Waals surface area contributed by atoms with Gasteiger partial charge in [-0.3, -0.25) is 9.67 Å². The maximum atomic E-state index is 12.4. The van der Waals surface area contributed by atoms with Gasteiger partial charge in [0.05, 0.1) is 17.9 Å². The smallest absolute Gasteiger partial charge is 0.410 e. The molecular formula is C27H30N6O3. The summed E-state index contributed by atoms with van der Waals surface area (Å²) in [7, 11) is 0. The molecule has 9 heteroatoms. The third-order valence-corrected chi connectivity index (χ3v) is 6.36. The lowest BCUT2D eigenvalue weighted by atomic mass is 10.0. The Kier molecular flexibility index (Phi) is 5.99. The molecule has 0 bridgehead atoms. The predicted molar refractivity (Wildman–Crippen MR) is 138 cm³/mol. The summed E-state index contributed by atoms with van der Waals surface area (Å²) in [5.41, 5.74) is 8.82. The zero-order chi connectivity index (χ0) is 25.4. The topological polar surface area (TPSA) is 119 Å². The number of aromatic hydroxyl groups is 1. The summed E-state index contributed by atoms with van der Waals surface area (Å²) in [6, 6.07) is 9.30. The molecule has 3 aromatic heterocycles. The fourth-order valence-electron chi connectivity index (χ4n) is 4.47. The number of hydrogen-bond acceptors (Lipinski definition) is 7. The van der Waals surface area contributed by atoms with Crippen molar-refractivity contribution in [3.63, 3.8) is 0 Å². The zero-order valence-corrected chi connectivity index (χ0v) is 20.7. The van der Waals surface area contributed by atoms with Crippen molar-refractivity contribution in [2.75, 3.05) is 18.8 Å². The number of fused-ring (bicyclic) bond motifs is 1. The Morgan fingerprint density at radius 3 is 2.61 bits per heavy atom. The molecule has 5 rings (SSSR count). The number of phenols is 1. The molecule has 36 heavy (non-hydrogen) atoms. The molecule has 0 saturated carbocycles. The monoisotopic (exact) mass is 486 g/mol. The van der Waals surface area contributed by atoms with Crippen LogP contribution < -0.4 is 5.73 Å². The number of nitrogens with zero attached hydrogens (tertiary/aromatic N) is 5. The highest BCUT2D eigenvalue weighted by Gasteiger charge is 2.28. The number of aromatic nitrogens is 4. The molecule has 3 N–H and O–H groups in total. The van der Waals surface area contributed by atoms with Crippen LogP contribution in [0.25, 0.3) is 33.2 Å². The van der Waals surface area contributed by atoms with E-state index in [0.717, 1.165) is 29.4 Å². The highest BCUT2D eigenvalue weighted by Crippen LogP contribution is 2.33. The number of phenolic OH excluding ortho intramolecular Hbond substituents is 1. The second-order valence-electron chi connectivity index (χ2n) is 10.1. The van der Waals surface area contributed by atoms with Crippen molar-refractivity contribution in [3.8, 4) is 28.1 Å². The molecule has 186 valence electrons. The number of benzene rings is 1. The van der Waals surface area contributed by atoms with Gasteiger partial charge in [0, 0.05) is 59.1 Å². The molecule has 0 atom stereocenters. The number of rotatable bonds is 3. The molecule has 0 radical (unpaired) electrons. The van der Waals surface area contributed by atoms with Crippen molar-refractivity contribution < 1.29 is 14.6 Å². The van der Waals surface area contributed by atoms with E-state index in [-0.39, 0.29) is 17.9 Å². The van der Waals surface area contributed by atoms with Crippen molar-refractivity contribution in [2.45, 2.75) is 45.3 Å². The first-order chi connectivity index (χ1) is 17.2. The predicted octanol–water partition coefficient (Wildman–Crippen LogP) is 5.02. The van der Waals surface area contributed by atoms with Gasteiger partial charge >= 0.3 is 6.09 Å². The van der Waals surface area contributed by atoms with E-state index in [4.69, 9.17) is 10.5 Å². The SMILES string of the molecule is CC(C)(C)OC(=O)N1CCC(n2cc(-c3cnc(N)c(-c4cc5c(O)cccc5cn4)c3)cn2)CC1. The maximum absolute atomic E-state index is 12.4. The molecule has 1 fully saturated rings. The minimum atomic E-state index is -0.500. The van der Waals surface area contributed by atoms with E-state index in [1.165, 1.54) is 0 Å². The third kappa shape index (κ3) is 4.82. The standard InChI is InChI=1S/C27H30N6O3/c1-27(2,3)36-26(35)32-9-7-20(8-10-32)33-16-19(15-31-33)18-11-22(25(28)30-14-18)23-12-21-17(13-29-23)5-4-6-24(21)34/h4-6,11-16,20,34H,7-10H2,1-3H3,(H2,28,30). The van der Waals surface area contributed by atoms with Crippen LogP contribution in [0.1, 0.15) is 39.7 Å². The van der Waals surface area contributed by atoms with Crippen molar-refractivity contribution >= 4 is 22.7 Å². The molecule has 1 aromatic carbocycles. The molecule has 1 saturated heterocycles. The molecule has 4 aromatic rings. The molecule has 4 heterocycles. The quantitative estimate of drug-likeness (QED) is 0.417. The van der Waals surface area contributed by atoms with Crippen LogP contribution in [0.3, 0.4) is 0 Å². The second-order valence-corrected chi connectivity index (χ2v) is 10.1. The number of nitrogen functional groups attached to an aromatic ring is 1. The van der Waals surface area contributed by atoms with Gasteiger partial charge in [0.2, 0.25) is 0 Å². The van der Waals surface area contributed by atoms with Crippen LogP contribution in [0.15, 0.2) is 55.1 Å². The number of pyridine rings is 2. The van der Waals surface area contributed by atoms with E-state index in [0.29, 0.717) is 35.6 Å². The second kappa shape index (κ2) is 9.14. The number of hydrogen-bond donors (Lipinski definition) is 2. The minimum absolute atomic E-state index is 0.192. The van der Waals surface area contributed by atoms with Crippen molar-refractivity contribution in [3.05, 3.63) is 55.1 Å². The largest absolute Gasteiger partial charge is 0.507 e. The number of piperidine rings is 1. The summed E-state index contributed by atoms with van der Waals surface area (Å²) in [6.45, 7) is 6.88.